The molecule has 2 aromatic rings. The molecule has 0 aliphatic carbocycles. The summed E-state index contributed by atoms with van der Waals surface area (Å²) in [5.41, 5.74) is 7.75. The van der Waals surface area contributed by atoms with Gasteiger partial charge >= 0.3 is 0 Å². The molecule has 1 heterocycles. The minimum Gasteiger partial charge on any atom is -0.382 e. The molecule has 0 fully saturated rings. The maximum atomic E-state index is 13.5. The van der Waals surface area contributed by atoms with Gasteiger partial charge in [-0.15, -0.1) is 10.2 Å². The van der Waals surface area contributed by atoms with Crippen molar-refractivity contribution in [1.82, 2.24) is 10.2 Å². The van der Waals surface area contributed by atoms with E-state index in [0.29, 0.717) is 29.3 Å². The van der Waals surface area contributed by atoms with Crippen LogP contribution in [-0.2, 0) is 6.54 Å². The SMILES string of the molecule is Cc1cc(CNc2ccc(N)nn2)cc(C)c1F. The van der Waals surface area contributed by atoms with E-state index in [4.69, 9.17) is 5.73 Å². The van der Waals surface area contributed by atoms with Crippen molar-refractivity contribution in [3.05, 3.63) is 46.8 Å². The molecule has 94 valence electrons. The molecule has 5 heteroatoms. The van der Waals surface area contributed by atoms with E-state index in [1.165, 1.54) is 0 Å². The molecule has 1 aromatic carbocycles. The van der Waals surface area contributed by atoms with Crippen molar-refractivity contribution in [2.45, 2.75) is 20.4 Å². The van der Waals surface area contributed by atoms with Crippen LogP contribution in [0.4, 0.5) is 16.0 Å². The van der Waals surface area contributed by atoms with Gasteiger partial charge in [0.1, 0.15) is 17.5 Å². The summed E-state index contributed by atoms with van der Waals surface area (Å²) in [6.45, 7) is 4.09. The number of nitrogens with zero attached hydrogens (tertiary/aromatic N) is 2. The fourth-order valence-corrected chi connectivity index (χ4v) is 1.77. The van der Waals surface area contributed by atoms with Gasteiger partial charge in [0, 0.05) is 6.54 Å². The highest BCUT2D eigenvalue weighted by Gasteiger charge is 2.04. The number of benzene rings is 1. The number of hydrogen-bond donors (Lipinski definition) is 2. The Labute approximate surface area is 105 Å². The molecular formula is C13H15FN4. The first-order valence-corrected chi connectivity index (χ1v) is 5.65. The number of rotatable bonds is 3. The number of aryl methyl sites for hydroxylation is 2. The average molecular weight is 246 g/mol. The van der Waals surface area contributed by atoms with Gasteiger partial charge in [0.15, 0.2) is 0 Å². The van der Waals surface area contributed by atoms with E-state index >= 15 is 0 Å². The molecule has 18 heavy (non-hydrogen) atoms. The third kappa shape index (κ3) is 2.74. The zero-order valence-electron chi connectivity index (χ0n) is 10.4. The van der Waals surface area contributed by atoms with Crippen molar-refractivity contribution in [2.24, 2.45) is 0 Å². The molecule has 4 nitrogen and oxygen atoms in total. The Hall–Kier alpha value is -2.17. The Morgan fingerprint density at radius 1 is 1.17 bits per heavy atom. The van der Waals surface area contributed by atoms with Crippen molar-refractivity contribution in [1.29, 1.82) is 0 Å². The summed E-state index contributed by atoms with van der Waals surface area (Å²) in [5.74, 6) is 0.879. The van der Waals surface area contributed by atoms with E-state index in [1.54, 1.807) is 26.0 Å². The first-order valence-electron chi connectivity index (χ1n) is 5.65. The average Bonchev–Trinajstić information content (AvgIpc) is 2.35. The number of aromatic nitrogens is 2. The fraction of sp³-hybridized carbons (Fsp3) is 0.231. The summed E-state index contributed by atoms with van der Waals surface area (Å²) in [6, 6.07) is 7.07. The Kier molecular flexibility index (Phi) is 3.41. The highest BCUT2D eigenvalue weighted by Crippen LogP contribution is 2.15. The highest BCUT2D eigenvalue weighted by atomic mass is 19.1. The molecule has 0 bridgehead atoms. The van der Waals surface area contributed by atoms with E-state index in [-0.39, 0.29) is 5.82 Å². The maximum Gasteiger partial charge on any atom is 0.149 e. The van der Waals surface area contributed by atoms with Crippen molar-refractivity contribution in [3.8, 4) is 0 Å². The van der Waals surface area contributed by atoms with Crippen LogP contribution < -0.4 is 11.1 Å². The Balaban J connectivity index is 2.08. The van der Waals surface area contributed by atoms with Crippen LogP contribution in [0.25, 0.3) is 0 Å². The highest BCUT2D eigenvalue weighted by molar-refractivity contribution is 5.40. The summed E-state index contributed by atoms with van der Waals surface area (Å²) >= 11 is 0. The standard InChI is InChI=1S/C13H15FN4/c1-8-5-10(6-9(2)13(8)14)7-16-12-4-3-11(15)17-18-12/h3-6H,7H2,1-2H3,(H2,15,17)(H,16,18). The van der Waals surface area contributed by atoms with Crippen LogP contribution in [0.5, 0.6) is 0 Å². The van der Waals surface area contributed by atoms with E-state index in [9.17, 15) is 4.39 Å². The summed E-state index contributed by atoms with van der Waals surface area (Å²) in [4.78, 5) is 0. The second kappa shape index (κ2) is 5.00. The zero-order chi connectivity index (χ0) is 13.1. The van der Waals surface area contributed by atoms with Gasteiger partial charge in [-0.05, 0) is 42.7 Å². The lowest BCUT2D eigenvalue weighted by Crippen LogP contribution is -2.04. The predicted molar refractivity (Wildman–Crippen MR) is 69.6 cm³/mol. The van der Waals surface area contributed by atoms with E-state index in [1.807, 2.05) is 12.1 Å². The van der Waals surface area contributed by atoms with E-state index in [2.05, 4.69) is 15.5 Å². The molecule has 0 amide bonds. The van der Waals surface area contributed by atoms with Crippen LogP contribution >= 0.6 is 0 Å². The van der Waals surface area contributed by atoms with Crippen molar-refractivity contribution in [3.63, 3.8) is 0 Å². The van der Waals surface area contributed by atoms with Crippen LogP contribution in [0.1, 0.15) is 16.7 Å². The smallest absolute Gasteiger partial charge is 0.149 e. The number of nitrogens with one attached hydrogen (secondary N) is 1. The largest absolute Gasteiger partial charge is 0.382 e. The molecule has 0 saturated carbocycles. The molecule has 2 rings (SSSR count). The van der Waals surface area contributed by atoms with Gasteiger partial charge in [0.05, 0.1) is 0 Å². The molecule has 0 radical (unpaired) electrons. The normalized spacial score (nSPS) is 10.4. The first kappa shape index (κ1) is 12.3. The third-order valence-electron chi connectivity index (χ3n) is 2.66. The quantitative estimate of drug-likeness (QED) is 0.873. The van der Waals surface area contributed by atoms with Crippen LogP contribution in [0.2, 0.25) is 0 Å². The number of nitrogens with two attached hydrogens (primary N) is 1. The summed E-state index contributed by atoms with van der Waals surface area (Å²) < 4.78 is 13.5. The molecule has 0 saturated heterocycles. The van der Waals surface area contributed by atoms with E-state index in [0.717, 1.165) is 5.56 Å². The zero-order valence-corrected chi connectivity index (χ0v) is 10.4. The molecule has 0 aliphatic rings. The van der Waals surface area contributed by atoms with Crippen molar-refractivity contribution >= 4 is 11.6 Å². The number of anilines is 2. The van der Waals surface area contributed by atoms with Crippen molar-refractivity contribution < 1.29 is 4.39 Å². The Bertz CT molecular complexity index is 528. The lowest BCUT2D eigenvalue weighted by atomic mass is 10.1. The fourth-order valence-electron chi connectivity index (χ4n) is 1.77. The van der Waals surface area contributed by atoms with Crippen LogP contribution in [0.3, 0.4) is 0 Å². The molecule has 1 aromatic heterocycles. The van der Waals surface area contributed by atoms with Crippen molar-refractivity contribution in [2.75, 3.05) is 11.1 Å². The first-order chi connectivity index (χ1) is 8.56. The predicted octanol–water partition coefficient (Wildman–Crippen LogP) is 2.43. The third-order valence-corrected chi connectivity index (χ3v) is 2.66. The van der Waals surface area contributed by atoms with Gasteiger partial charge in [-0.1, -0.05) is 12.1 Å². The molecule has 0 atom stereocenters. The van der Waals surface area contributed by atoms with Gasteiger partial charge in [-0.3, -0.25) is 0 Å². The number of halogens is 1. The second-order valence-electron chi connectivity index (χ2n) is 4.24. The van der Waals surface area contributed by atoms with Crippen LogP contribution in [-0.4, -0.2) is 10.2 Å². The van der Waals surface area contributed by atoms with Gasteiger partial charge < -0.3 is 11.1 Å². The second-order valence-corrected chi connectivity index (χ2v) is 4.24. The summed E-state index contributed by atoms with van der Waals surface area (Å²) in [5, 5.41) is 10.8. The number of hydrogen-bond acceptors (Lipinski definition) is 4. The lowest BCUT2D eigenvalue weighted by molar-refractivity contribution is 0.608. The summed E-state index contributed by atoms with van der Waals surface area (Å²) in [7, 11) is 0. The minimum absolute atomic E-state index is 0.147. The minimum atomic E-state index is -0.147. The van der Waals surface area contributed by atoms with Gasteiger partial charge in [0.25, 0.3) is 0 Å². The molecule has 0 spiro atoms. The van der Waals surface area contributed by atoms with Crippen LogP contribution in [0.15, 0.2) is 24.3 Å². The van der Waals surface area contributed by atoms with Gasteiger partial charge in [-0.2, -0.15) is 0 Å². The Morgan fingerprint density at radius 2 is 1.83 bits per heavy atom. The van der Waals surface area contributed by atoms with E-state index < -0.39 is 0 Å². The molecule has 0 unspecified atom stereocenters. The summed E-state index contributed by atoms with van der Waals surface area (Å²) in [6.07, 6.45) is 0. The maximum absolute atomic E-state index is 13.5. The molecule has 0 aliphatic heterocycles. The van der Waals surface area contributed by atoms with Crippen LogP contribution in [0, 0.1) is 19.7 Å². The monoisotopic (exact) mass is 246 g/mol. The molecule has 3 N–H and O–H groups in total. The topological polar surface area (TPSA) is 63.8 Å². The molecular weight excluding hydrogens is 231 g/mol. The van der Waals surface area contributed by atoms with Gasteiger partial charge in [-0.25, -0.2) is 4.39 Å². The number of nitrogen functional groups attached to an aromatic ring is 1. The lowest BCUT2D eigenvalue weighted by Gasteiger charge is -2.08. The Morgan fingerprint density at radius 3 is 2.39 bits per heavy atom. The van der Waals surface area contributed by atoms with Gasteiger partial charge in [0.2, 0.25) is 0 Å².